The number of amides is 1. The van der Waals surface area contributed by atoms with Crippen LogP contribution in [0.25, 0.3) is 11.1 Å². The zero-order chi connectivity index (χ0) is 26.4. The van der Waals surface area contributed by atoms with Gasteiger partial charge in [0.2, 0.25) is 5.88 Å². The van der Waals surface area contributed by atoms with Crippen LogP contribution >= 0.6 is 0 Å². The first kappa shape index (κ1) is 28.5. The molecule has 2 aromatic rings. The van der Waals surface area contributed by atoms with E-state index < -0.39 is 20.0 Å². The van der Waals surface area contributed by atoms with Gasteiger partial charge in [-0.05, 0) is 69.6 Å². The fraction of sp³-hybridized carbons (Fsp3) is 0.519. The van der Waals surface area contributed by atoms with Crippen LogP contribution in [-0.4, -0.2) is 43.2 Å². The summed E-state index contributed by atoms with van der Waals surface area (Å²) >= 11 is 0. The van der Waals surface area contributed by atoms with Gasteiger partial charge in [0.1, 0.15) is 17.9 Å². The number of aryl methyl sites for hydroxylation is 1. The second kappa shape index (κ2) is 11.3. The lowest BCUT2D eigenvalue weighted by Crippen LogP contribution is -2.41. The largest absolute Gasteiger partial charge is 0.474 e. The van der Waals surface area contributed by atoms with Crippen molar-refractivity contribution in [3.8, 4) is 17.0 Å². The van der Waals surface area contributed by atoms with Gasteiger partial charge in [-0.25, -0.2) is 9.78 Å². The fourth-order valence-corrected chi connectivity index (χ4v) is 4.07. The van der Waals surface area contributed by atoms with E-state index in [1.807, 2.05) is 52.0 Å². The Hall–Kier alpha value is -2.71. The molecular weight excluding hydrogens is 458 g/mol. The van der Waals surface area contributed by atoms with Crippen LogP contribution < -0.4 is 10.1 Å². The number of hydrogen-bond acceptors (Lipinski definition) is 6. The van der Waals surface area contributed by atoms with E-state index in [0.717, 1.165) is 22.5 Å². The van der Waals surface area contributed by atoms with Gasteiger partial charge >= 0.3 is 6.09 Å². The molecule has 1 amide bonds. The molecule has 0 aliphatic rings. The summed E-state index contributed by atoms with van der Waals surface area (Å²) in [4.78, 5) is 21.6. The number of nitrogens with zero attached hydrogens (tertiary/aromatic N) is 2. The smallest absolute Gasteiger partial charge is 0.412 e. The summed E-state index contributed by atoms with van der Waals surface area (Å²) in [6.45, 7) is 22.9. The molecule has 0 aromatic carbocycles. The average Bonchev–Trinajstić information content (AvgIpc) is 2.71. The van der Waals surface area contributed by atoms with E-state index in [2.05, 4.69) is 55.7 Å². The van der Waals surface area contributed by atoms with E-state index >= 15 is 0 Å². The predicted octanol–water partition coefficient (Wildman–Crippen LogP) is 6.93. The highest BCUT2D eigenvalue weighted by molar-refractivity contribution is 6.74. The Bertz CT molecular complexity index is 1040. The van der Waals surface area contributed by atoms with Crippen molar-refractivity contribution in [2.45, 2.75) is 78.6 Å². The summed E-state index contributed by atoms with van der Waals surface area (Å²) in [6.07, 6.45) is 3.67. The lowest BCUT2D eigenvalue weighted by atomic mass is 10.0. The zero-order valence-electron chi connectivity index (χ0n) is 22.7. The molecule has 8 heteroatoms. The first-order valence-electron chi connectivity index (χ1n) is 12.0. The molecule has 2 aromatic heterocycles. The summed E-state index contributed by atoms with van der Waals surface area (Å²) in [7, 11) is -1.89. The van der Waals surface area contributed by atoms with Gasteiger partial charge in [-0.3, -0.25) is 10.3 Å². The first-order chi connectivity index (χ1) is 16.1. The van der Waals surface area contributed by atoms with Gasteiger partial charge in [-0.2, -0.15) is 0 Å². The lowest BCUT2D eigenvalue weighted by molar-refractivity contribution is 0.0635. The highest BCUT2D eigenvalue weighted by Crippen LogP contribution is 2.36. The summed E-state index contributed by atoms with van der Waals surface area (Å²) in [5, 5.41) is 2.93. The van der Waals surface area contributed by atoms with Gasteiger partial charge in [0.25, 0.3) is 0 Å². The van der Waals surface area contributed by atoms with E-state index in [4.69, 9.17) is 13.9 Å². The van der Waals surface area contributed by atoms with Crippen LogP contribution in [0.15, 0.2) is 37.1 Å². The van der Waals surface area contributed by atoms with Crippen LogP contribution in [0.2, 0.25) is 18.1 Å². The number of ether oxygens (including phenoxy) is 2. The minimum atomic E-state index is -1.89. The molecule has 35 heavy (non-hydrogen) atoms. The molecule has 0 bridgehead atoms. The quantitative estimate of drug-likeness (QED) is 0.229. The number of carbonyl (C=O) groups is 1. The molecule has 0 fully saturated rings. The maximum Gasteiger partial charge on any atom is 0.412 e. The van der Waals surface area contributed by atoms with Crippen LogP contribution in [0, 0.1) is 6.92 Å². The van der Waals surface area contributed by atoms with Crippen molar-refractivity contribution in [3.63, 3.8) is 0 Å². The molecule has 0 aliphatic heterocycles. The average molecular weight is 500 g/mol. The SMILES string of the molecule is C=CCc1cc(-c2cc(NC(=O)OC(C)(C)C)c(OCCO[Si](C)(C)C(C)(C)C)nc2C)ccn1. The summed E-state index contributed by atoms with van der Waals surface area (Å²) < 4.78 is 17.7. The van der Waals surface area contributed by atoms with Gasteiger partial charge in [0.15, 0.2) is 8.32 Å². The number of carbonyl (C=O) groups excluding carboxylic acids is 1. The molecule has 2 heterocycles. The normalized spacial score (nSPS) is 12.3. The van der Waals surface area contributed by atoms with Crippen molar-refractivity contribution in [3.05, 3.63) is 48.4 Å². The van der Waals surface area contributed by atoms with Crippen molar-refractivity contribution >= 4 is 20.1 Å². The zero-order valence-corrected chi connectivity index (χ0v) is 23.7. The lowest BCUT2D eigenvalue weighted by Gasteiger charge is -2.36. The predicted molar refractivity (Wildman–Crippen MR) is 145 cm³/mol. The monoisotopic (exact) mass is 499 g/mol. The molecular formula is C27H41N3O4Si. The molecule has 0 saturated carbocycles. The molecule has 1 N–H and O–H groups in total. The van der Waals surface area contributed by atoms with Gasteiger partial charge < -0.3 is 13.9 Å². The van der Waals surface area contributed by atoms with E-state index in [1.54, 1.807) is 6.20 Å². The van der Waals surface area contributed by atoms with Gasteiger partial charge in [-0.15, -0.1) is 6.58 Å². The molecule has 2 rings (SSSR count). The molecule has 0 spiro atoms. The van der Waals surface area contributed by atoms with Crippen molar-refractivity contribution < 1.29 is 18.7 Å². The number of aromatic nitrogens is 2. The van der Waals surface area contributed by atoms with Crippen LogP contribution in [0.1, 0.15) is 52.9 Å². The third-order valence-electron chi connectivity index (χ3n) is 5.89. The summed E-state index contributed by atoms with van der Waals surface area (Å²) in [5.41, 5.74) is 3.30. The Morgan fingerprint density at radius 1 is 1.14 bits per heavy atom. The Morgan fingerprint density at radius 3 is 2.43 bits per heavy atom. The van der Waals surface area contributed by atoms with Crippen LogP contribution in [-0.2, 0) is 15.6 Å². The van der Waals surface area contributed by atoms with Crippen molar-refractivity contribution in [2.75, 3.05) is 18.5 Å². The standard InChI is InChI=1S/C27H41N3O4Si/c1-11-12-21-17-20(13-14-28-21)22-18-23(30-25(31)34-26(3,4)5)24(29-19(22)2)32-15-16-33-35(9,10)27(6,7)8/h11,13-14,17-18H,1,12,15-16H2,2-10H3,(H,30,31). The second-order valence-electron chi connectivity index (χ2n) is 11.1. The number of rotatable bonds is 9. The van der Waals surface area contributed by atoms with Crippen LogP contribution in [0.5, 0.6) is 5.88 Å². The highest BCUT2D eigenvalue weighted by atomic mass is 28.4. The topological polar surface area (TPSA) is 82.6 Å². The Morgan fingerprint density at radius 2 is 1.83 bits per heavy atom. The number of anilines is 1. The van der Waals surface area contributed by atoms with E-state index in [1.165, 1.54) is 0 Å². The summed E-state index contributed by atoms with van der Waals surface area (Å²) in [6, 6.07) is 5.78. The van der Waals surface area contributed by atoms with Crippen molar-refractivity contribution in [1.29, 1.82) is 0 Å². The third kappa shape index (κ3) is 8.47. The molecule has 7 nitrogen and oxygen atoms in total. The molecule has 0 aliphatic carbocycles. The minimum Gasteiger partial charge on any atom is -0.474 e. The van der Waals surface area contributed by atoms with Crippen LogP contribution in [0.4, 0.5) is 10.5 Å². The van der Waals surface area contributed by atoms with E-state index in [9.17, 15) is 4.79 Å². The fourth-order valence-electron chi connectivity index (χ4n) is 3.05. The molecule has 0 radical (unpaired) electrons. The third-order valence-corrected chi connectivity index (χ3v) is 10.4. The Balaban J connectivity index is 2.32. The van der Waals surface area contributed by atoms with Gasteiger partial charge in [-0.1, -0.05) is 26.8 Å². The number of pyridine rings is 2. The van der Waals surface area contributed by atoms with Crippen molar-refractivity contribution in [2.24, 2.45) is 0 Å². The van der Waals surface area contributed by atoms with Crippen LogP contribution in [0.3, 0.4) is 0 Å². The Kier molecular flexibility index (Phi) is 9.25. The van der Waals surface area contributed by atoms with E-state index in [0.29, 0.717) is 31.2 Å². The van der Waals surface area contributed by atoms with Crippen molar-refractivity contribution in [1.82, 2.24) is 9.97 Å². The number of allylic oxidation sites excluding steroid dienone is 1. The first-order valence-corrected chi connectivity index (χ1v) is 14.9. The molecule has 192 valence electrons. The second-order valence-corrected chi connectivity index (χ2v) is 15.9. The Labute approximate surface area is 211 Å². The maximum absolute atomic E-state index is 12.6. The van der Waals surface area contributed by atoms with E-state index in [-0.39, 0.29) is 5.04 Å². The number of nitrogens with one attached hydrogen (secondary N) is 1. The highest BCUT2D eigenvalue weighted by Gasteiger charge is 2.37. The summed E-state index contributed by atoms with van der Waals surface area (Å²) in [5.74, 6) is 0.330. The molecule has 0 unspecified atom stereocenters. The van der Waals surface area contributed by atoms with Gasteiger partial charge in [0.05, 0.1) is 6.61 Å². The minimum absolute atomic E-state index is 0.113. The molecule has 0 atom stereocenters. The maximum atomic E-state index is 12.6. The molecule has 0 saturated heterocycles. The number of hydrogen-bond donors (Lipinski definition) is 1. The van der Waals surface area contributed by atoms with Gasteiger partial charge in [0, 0.05) is 29.6 Å².